The van der Waals surface area contributed by atoms with Crippen LogP contribution < -0.4 is 16.2 Å². The van der Waals surface area contributed by atoms with E-state index in [2.05, 4.69) is 10.2 Å². The van der Waals surface area contributed by atoms with E-state index in [0.29, 0.717) is 23.5 Å². The highest BCUT2D eigenvalue weighted by molar-refractivity contribution is 7.13. The molecule has 3 aromatic rings. The lowest BCUT2D eigenvalue weighted by Gasteiger charge is -2.19. The topological polar surface area (TPSA) is 87.9 Å². The number of hydrogen-bond acceptors (Lipinski definition) is 6. The van der Waals surface area contributed by atoms with E-state index in [1.54, 1.807) is 41.7 Å². The van der Waals surface area contributed by atoms with Crippen molar-refractivity contribution in [3.05, 3.63) is 71.6 Å². The van der Waals surface area contributed by atoms with Crippen LogP contribution in [-0.4, -0.2) is 43.1 Å². The van der Waals surface area contributed by atoms with E-state index in [1.807, 2.05) is 42.8 Å². The van der Waals surface area contributed by atoms with E-state index in [9.17, 15) is 9.59 Å². The van der Waals surface area contributed by atoms with Crippen molar-refractivity contribution in [1.82, 2.24) is 4.90 Å². The minimum atomic E-state index is -0.504. The number of thiophene rings is 1. The summed E-state index contributed by atoms with van der Waals surface area (Å²) in [4.78, 5) is 28.2. The van der Waals surface area contributed by atoms with Crippen LogP contribution in [0.2, 0.25) is 0 Å². The predicted molar refractivity (Wildman–Crippen MR) is 128 cm³/mol. The number of benzene rings is 2. The minimum Gasteiger partial charge on any atom is -0.448 e. The molecule has 1 fully saturated rings. The number of hydrogen-bond donors (Lipinski definition) is 2. The Bertz CT molecular complexity index is 1070. The molecule has 0 radical (unpaired) electrons. The van der Waals surface area contributed by atoms with Gasteiger partial charge in [0.2, 0.25) is 0 Å². The van der Waals surface area contributed by atoms with E-state index in [1.165, 1.54) is 0 Å². The van der Waals surface area contributed by atoms with Gasteiger partial charge in [-0.25, -0.2) is 15.6 Å². The Morgan fingerprint density at radius 3 is 2.69 bits per heavy atom. The Balaban J connectivity index is 1.35. The number of likely N-dealkylation sites (tertiary alicyclic amines) is 1. The highest BCUT2D eigenvalue weighted by Crippen LogP contribution is 2.28. The van der Waals surface area contributed by atoms with Crippen LogP contribution in [0.25, 0.3) is 10.4 Å². The Hall–Kier alpha value is -3.20. The molecule has 1 aliphatic rings. The summed E-state index contributed by atoms with van der Waals surface area (Å²) >= 11 is 1.63. The van der Waals surface area contributed by atoms with Crippen molar-refractivity contribution >= 4 is 34.7 Å². The maximum Gasteiger partial charge on any atom is 0.411 e. The van der Waals surface area contributed by atoms with Gasteiger partial charge in [0.15, 0.2) is 0 Å². The average molecular weight is 451 g/mol. The maximum absolute atomic E-state index is 12.8. The zero-order valence-corrected chi connectivity index (χ0v) is 18.7. The number of carbonyl (C=O) groups excluding carboxylic acids is 2. The number of ether oxygens (including phenoxy) is 1. The van der Waals surface area contributed by atoms with Crippen LogP contribution in [0.15, 0.2) is 66.0 Å². The third-order valence-corrected chi connectivity index (χ3v) is 6.52. The van der Waals surface area contributed by atoms with Gasteiger partial charge in [0.1, 0.15) is 6.61 Å². The molecule has 0 bridgehead atoms. The highest BCUT2D eigenvalue weighted by atomic mass is 32.1. The van der Waals surface area contributed by atoms with Gasteiger partial charge in [-0.05, 0) is 79.8 Å². The molecule has 32 heavy (non-hydrogen) atoms. The van der Waals surface area contributed by atoms with E-state index < -0.39 is 6.09 Å². The third-order valence-electron chi connectivity index (χ3n) is 5.61. The van der Waals surface area contributed by atoms with Crippen LogP contribution in [0, 0.1) is 0 Å². The second-order valence-corrected chi connectivity index (χ2v) is 8.73. The van der Waals surface area contributed by atoms with Gasteiger partial charge in [-0.2, -0.15) is 0 Å². The van der Waals surface area contributed by atoms with Gasteiger partial charge in [-0.15, -0.1) is 11.3 Å². The quantitative estimate of drug-likeness (QED) is 0.326. The molecular formula is C24H26N4O3S. The Morgan fingerprint density at radius 1 is 1.19 bits per heavy atom. The van der Waals surface area contributed by atoms with Crippen LogP contribution in [0.5, 0.6) is 0 Å². The number of hydrazine groups is 1. The number of likely N-dealkylation sites (N-methyl/N-ethyl adjacent to an activating group) is 1. The summed E-state index contributed by atoms with van der Waals surface area (Å²) in [5, 5.41) is 5.83. The van der Waals surface area contributed by atoms with Crippen molar-refractivity contribution in [2.24, 2.45) is 5.84 Å². The SMILES string of the molecule is CN1CCCC1COC(=O)Nc1ccc(C(=O)N(N)c2cccc(-c3cccs3)c2)cc1. The van der Waals surface area contributed by atoms with Gasteiger partial charge in [0.05, 0.1) is 5.69 Å². The third kappa shape index (κ3) is 5.16. The fourth-order valence-corrected chi connectivity index (χ4v) is 4.44. The van der Waals surface area contributed by atoms with Crippen LogP contribution in [0.3, 0.4) is 0 Å². The molecular weight excluding hydrogens is 424 g/mol. The van der Waals surface area contributed by atoms with Gasteiger partial charge >= 0.3 is 6.09 Å². The lowest BCUT2D eigenvalue weighted by Crippen LogP contribution is -2.37. The largest absolute Gasteiger partial charge is 0.448 e. The number of nitrogens with zero attached hydrogens (tertiary/aromatic N) is 2. The van der Waals surface area contributed by atoms with Gasteiger partial charge < -0.3 is 9.64 Å². The van der Waals surface area contributed by atoms with E-state index in [-0.39, 0.29) is 11.9 Å². The molecule has 1 unspecified atom stereocenters. The molecule has 2 amide bonds. The molecule has 8 heteroatoms. The lowest BCUT2D eigenvalue weighted by atomic mass is 10.1. The molecule has 2 heterocycles. The number of nitrogens with two attached hydrogens (primary N) is 1. The van der Waals surface area contributed by atoms with Gasteiger partial charge in [0, 0.05) is 22.2 Å². The highest BCUT2D eigenvalue weighted by Gasteiger charge is 2.22. The van der Waals surface area contributed by atoms with E-state index >= 15 is 0 Å². The monoisotopic (exact) mass is 450 g/mol. The molecule has 1 atom stereocenters. The van der Waals surface area contributed by atoms with Crippen LogP contribution in [-0.2, 0) is 4.74 Å². The Kier molecular flexibility index (Phi) is 6.84. The lowest BCUT2D eigenvalue weighted by molar-refractivity contribution is 0.0987. The molecule has 4 rings (SSSR count). The molecule has 2 aromatic carbocycles. The Morgan fingerprint density at radius 2 is 2.00 bits per heavy atom. The van der Waals surface area contributed by atoms with Crippen LogP contribution in [0.1, 0.15) is 23.2 Å². The van der Waals surface area contributed by atoms with Gasteiger partial charge in [0.25, 0.3) is 5.91 Å². The van der Waals surface area contributed by atoms with Crippen LogP contribution >= 0.6 is 11.3 Å². The average Bonchev–Trinajstić information content (AvgIpc) is 3.49. The number of amides is 2. The first-order chi connectivity index (χ1) is 15.5. The number of anilines is 2. The zero-order valence-electron chi connectivity index (χ0n) is 17.9. The predicted octanol–water partition coefficient (Wildman–Crippen LogP) is 4.58. The summed E-state index contributed by atoms with van der Waals surface area (Å²) in [5.74, 6) is 5.77. The molecule has 1 aromatic heterocycles. The normalized spacial score (nSPS) is 16.0. The summed E-state index contributed by atoms with van der Waals surface area (Å²) in [6.07, 6.45) is 1.65. The molecule has 1 aliphatic heterocycles. The van der Waals surface area contributed by atoms with Crippen LogP contribution in [0.4, 0.5) is 16.2 Å². The first-order valence-electron chi connectivity index (χ1n) is 10.5. The first kappa shape index (κ1) is 22.0. The second-order valence-electron chi connectivity index (χ2n) is 7.78. The zero-order chi connectivity index (χ0) is 22.5. The number of rotatable bonds is 6. The van der Waals surface area contributed by atoms with E-state index in [4.69, 9.17) is 10.6 Å². The molecule has 0 spiro atoms. The molecule has 0 saturated carbocycles. The smallest absolute Gasteiger partial charge is 0.411 e. The molecule has 3 N–H and O–H groups in total. The molecule has 7 nitrogen and oxygen atoms in total. The molecule has 1 saturated heterocycles. The fourth-order valence-electron chi connectivity index (χ4n) is 3.72. The maximum atomic E-state index is 12.8. The van der Waals surface area contributed by atoms with Crippen molar-refractivity contribution < 1.29 is 14.3 Å². The second kappa shape index (κ2) is 9.95. The first-order valence-corrected chi connectivity index (χ1v) is 11.4. The molecule has 0 aliphatic carbocycles. The van der Waals surface area contributed by atoms with Crippen molar-refractivity contribution in [2.45, 2.75) is 18.9 Å². The van der Waals surface area contributed by atoms with Gasteiger partial charge in [-0.1, -0.05) is 18.2 Å². The summed E-state index contributed by atoms with van der Waals surface area (Å²) in [5.41, 5.74) is 2.57. The van der Waals surface area contributed by atoms with E-state index in [0.717, 1.165) is 34.8 Å². The fraction of sp³-hybridized carbons (Fsp3) is 0.250. The summed E-state index contributed by atoms with van der Waals surface area (Å²) < 4.78 is 5.33. The number of carbonyl (C=O) groups is 2. The number of nitrogens with one attached hydrogen (secondary N) is 1. The van der Waals surface area contributed by atoms with Gasteiger partial charge in [-0.3, -0.25) is 10.1 Å². The van der Waals surface area contributed by atoms with Crippen molar-refractivity contribution in [2.75, 3.05) is 30.5 Å². The molecule has 166 valence electrons. The van der Waals surface area contributed by atoms with Crippen molar-refractivity contribution in [1.29, 1.82) is 0 Å². The Labute approximate surface area is 191 Å². The van der Waals surface area contributed by atoms with Crippen molar-refractivity contribution in [3.8, 4) is 10.4 Å². The summed E-state index contributed by atoms with van der Waals surface area (Å²) in [7, 11) is 2.04. The van der Waals surface area contributed by atoms with Crippen molar-refractivity contribution in [3.63, 3.8) is 0 Å². The summed E-state index contributed by atoms with van der Waals surface area (Å²) in [6.45, 7) is 1.40. The minimum absolute atomic E-state index is 0.273. The standard InChI is InChI=1S/C24H26N4O3S/c1-27-13-3-7-21(27)16-31-24(30)26-19-11-9-17(10-12-19)23(29)28(25)20-6-2-5-18(15-20)22-8-4-14-32-22/h2,4-6,8-12,14-15,21H,3,7,13,16,25H2,1H3,(H,26,30). The summed E-state index contributed by atoms with van der Waals surface area (Å²) in [6, 6.07) is 18.4.